The molecule has 0 spiro atoms. The Balaban J connectivity index is 1.93. The molecule has 0 radical (unpaired) electrons. The molecular weight excluding hydrogens is 204 g/mol. The molecule has 4 heteroatoms. The van der Waals surface area contributed by atoms with Gasteiger partial charge in [-0.25, -0.2) is 0 Å². The summed E-state index contributed by atoms with van der Waals surface area (Å²) in [4.78, 5) is 2.36. The van der Waals surface area contributed by atoms with Crippen molar-refractivity contribution in [2.75, 3.05) is 13.1 Å². The fraction of sp³-hybridized carbons (Fsp3) is 0.667. The summed E-state index contributed by atoms with van der Waals surface area (Å²) in [6, 6.07) is 3.95. The molecule has 2 N–H and O–H groups in total. The predicted molar refractivity (Wildman–Crippen MR) is 61.9 cm³/mol. The van der Waals surface area contributed by atoms with Gasteiger partial charge in [-0.2, -0.15) is 0 Å². The topological polar surface area (TPSA) is 51.6 Å². The first kappa shape index (κ1) is 11.6. The van der Waals surface area contributed by atoms with E-state index in [1.807, 2.05) is 12.1 Å². The predicted octanol–water partition coefficient (Wildman–Crippen LogP) is 1.35. The van der Waals surface area contributed by atoms with Gasteiger partial charge in [0.2, 0.25) is 0 Å². The van der Waals surface area contributed by atoms with Gasteiger partial charge in [0, 0.05) is 13.1 Å². The summed E-state index contributed by atoms with van der Waals surface area (Å²) in [5, 5.41) is 0. The molecule has 0 unspecified atom stereocenters. The van der Waals surface area contributed by atoms with E-state index in [1.165, 1.54) is 0 Å². The van der Waals surface area contributed by atoms with Gasteiger partial charge < -0.3 is 14.9 Å². The molecule has 1 saturated heterocycles. The first-order valence-electron chi connectivity index (χ1n) is 5.83. The first-order valence-corrected chi connectivity index (χ1v) is 5.83. The zero-order chi connectivity index (χ0) is 11.5. The third-order valence-electron chi connectivity index (χ3n) is 2.79. The Morgan fingerprint density at radius 1 is 1.25 bits per heavy atom. The van der Waals surface area contributed by atoms with Crippen LogP contribution < -0.4 is 5.73 Å². The summed E-state index contributed by atoms with van der Waals surface area (Å²) < 4.78 is 11.3. The second kappa shape index (κ2) is 4.99. The minimum atomic E-state index is 0.299. The van der Waals surface area contributed by atoms with Crippen LogP contribution in [0.3, 0.4) is 0 Å². The van der Waals surface area contributed by atoms with Crippen LogP contribution in [0, 0.1) is 0 Å². The van der Waals surface area contributed by atoms with E-state index in [4.69, 9.17) is 14.9 Å². The van der Waals surface area contributed by atoms with E-state index in [1.54, 1.807) is 0 Å². The van der Waals surface area contributed by atoms with E-state index in [9.17, 15) is 0 Å². The summed E-state index contributed by atoms with van der Waals surface area (Å²) >= 11 is 0. The molecule has 2 heterocycles. The molecule has 0 aromatic carbocycles. The van der Waals surface area contributed by atoms with E-state index >= 15 is 0 Å². The van der Waals surface area contributed by atoms with E-state index in [0.29, 0.717) is 18.8 Å². The molecule has 0 saturated carbocycles. The molecule has 90 valence electrons. The van der Waals surface area contributed by atoms with Crippen molar-refractivity contribution in [3.8, 4) is 0 Å². The number of rotatable bonds is 3. The molecule has 0 bridgehead atoms. The van der Waals surface area contributed by atoms with Gasteiger partial charge in [0.1, 0.15) is 11.5 Å². The van der Waals surface area contributed by atoms with Crippen LogP contribution in [0.25, 0.3) is 0 Å². The molecule has 4 nitrogen and oxygen atoms in total. The summed E-state index contributed by atoms with van der Waals surface area (Å²) in [6.07, 6.45) is 0.598. The third kappa shape index (κ3) is 2.84. The van der Waals surface area contributed by atoms with Crippen molar-refractivity contribution in [2.24, 2.45) is 5.73 Å². The lowest BCUT2D eigenvalue weighted by atomic mass is 10.2. The number of nitrogens with zero attached hydrogens (tertiary/aromatic N) is 1. The first-order chi connectivity index (χ1) is 7.67. The van der Waals surface area contributed by atoms with Gasteiger partial charge in [0.25, 0.3) is 0 Å². The minimum absolute atomic E-state index is 0.299. The van der Waals surface area contributed by atoms with Crippen LogP contribution in [0.5, 0.6) is 0 Å². The lowest BCUT2D eigenvalue weighted by Crippen LogP contribution is -2.44. The molecule has 2 rings (SSSR count). The Morgan fingerprint density at radius 2 is 1.88 bits per heavy atom. The van der Waals surface area contributed by atoms with E-state index < -0.39 is 0 Å². The molecule has 1 aromatic heterocycles. The molecule has 2 atom stereocenters. The average molecular weight is 224 g/mol. The van der Waals surface area contributed by atoms with Crippen molar-refractivity contribution in [3.63, 3.8) is 0 Å². The molecule has 0 aliphatic carbocycles. The van der Waals surface area contributed by atoms with Crippen molar-refractivity contribution < 1.29 is 9.15 Å². The Labute approximate surface area is 96.4 Å². The van der Waals surface area contributed by atoms with Gasteiger partial charge in [-0.1, -0.05) is 0 Å². The molecule has 0 amide bonds. The van der Waals surface area contributed by atoms with Gasteiger partial charge in [-0.15, -0.1) is 0 Å². The molecule has 1 aliphatic rings. The average Bonchev–Trinajstić information content (AvgIpc) is 2.64. The van der Waals surface area contributed by atoms with E-state index in [0.717, 1.165) is 31.2 Å². The van der Waals surface area contributed by atoms with Gasteiger partial charge in [0.05, 0.1) is 25.3 Å². The SMILES string of the molecule is C[C@@H]1CN(Cc2ccc(CN)o2)C[C@H](C)O1. The maximum Gasteiger partial charge on any atom is 0.118 e. The fourth-order valence-electron chi connectivity index (χ4n) is 2.25. The maximum absolute atomic E-state index is 5.69. The Kier molecular flexibility index (Phi) is 3.63. The van der Waals surface area contributed by atoms with Gasteiger partial charge >= 0.3 is 0 Å². The number of hydrogen-bond donors (Lipinski definition) is 1. The van der Waals surface area contributed by atoms with Gasteiger partial charge in [-0.05, 0) is 26.0 Å². The zero-order valence-corrected chi connectivity index (χ0v) is 9.98. The monoisotopic (exact) mass is 224 g/mol. The Hall–Kier alpha value is -0.840. The van der Waals surface area contributed by atoms with Gasteiger partial charge in [0.15, 0.2) is 0 Å². The summed E-state index contributed by atoms with van der Waals surface area (Å²) in [6.45, 7) is 7.45. The Morgan fingerprint density at radius 3 is 2.44 bits per heavy atom. The highest BCUT2D eigenvalue weighted by Gasteiger charge is 2.22. The highest BCUT2D eigenvalue weighted by Crippen LogP contribution is 2.15. The molecular formula is C12H20N2O2. The zero-order valence-electron chi connectivity index (χ0n) is 9.98. The van der Waals surface area contributed by atoms with Crippen LogP contribution in [-0.2, 0) is 17.8 Å². The van der Waals surface area contributed by atoms with Gasteiger partial charge in [-0.3, -0.25) is 4.90 Å². The van der Waals surface area contributed by atoms with Crippen molar-refractivity contribution in [2.45, 2.75) is 39.1 Å². The van der Waals surface area contributed by atoms with Crippen LogP contribution in [0.1, 0.15) is 25.4 Å². The van der Waals surface area contributed by atoms with Crippen LogP contribution in [0.4, 0.5) is 0 Å². The maximum atomic E-state index is 5.69. The lowest BCUT2D eigenvalue weighted by molar-refractivity contribution is -0.0718. The minimum Gasteiger partial charge on any atom is -0.463 e. The standard InChI is InChI=1S/C12H20N2O2/c1-9-6-14(7-10(2)15-9)8-12-4-3-11(5-13)16-12/h3-4,9-10H,5-8,13H2,1-2H3/t9-,10+. The number of nitrogens with two attached hydrogens (primary N) is 1. The normalized spacial score (nSPS) is 27.2. The summed E-state index contributed by atoms with van der Waals surface area (Å²) in [5.41, 5.74) is 5.51. The molecule has 1 aliphatic heterocycles. The number of hydrogen-bond acceptors (Lipinski definition) is 4. The highest BCUT2D eigenvalue weighted by atomic mass is 16.5. The second-order valence-electron chi connectivity index (χ2n) is 4.52. The molecule has 1 fully saturated rings. The largest absolute Gasteiger partial charge is 0.463 e. The van der Waals surface area contributed by atoms with Crippen LogP contribution in [0.15, 0.2) is 16.5 Å². The quantitative estimate of drug-likeness (QED) is 0.842. The van der Waals surface area contributed by atoms with Crippen molar-refractivity contribution in [1.29, 1.82) is 0 Å². The number of furan rings is 1. The number of morpholine rings is 1. The van der Waals surface area contributed by atoms with Crippen molar-refractivity contribution >= 4 is 0 Å². The summed E-state index contributed by atoms with van der Waals surface area (Å²) in [5.74, 6) is 1.84. The van der Waals surface area contributed by atoms with Crippen LogP contribution in [-0.4, -0.2) is 30.2 Å². The van der Waals surface area contributed by atoms with Crippen molar-refractivity contribution in [1.82, 2.24) is 4.90 Å². The van der Waals surface area contributed by atoms with E-state index in [-0.39, 0.29) is 0 Å². The van der Waals surface area contributed by atoms with Crippen LogP contribution >= 0.6 is 0 Å². The summed E-state index contributed by atoms with van der Waals surface area (Å²) in [7, 11) is 0. The smallest absolute Gasteiger partial charge is 0.118 e. The molecule has 16 heavy (non-hydrogen) atoms. The lowest BCUT2D eigenvalue weighted by Gasteiger charge is -2.34. The van der Waals surface area contributed by atoms with Crippen LogP contribution in [0.2, 0.25) is 0 Å². The second-order valence-corrected chi connectivity index (χ2v) is 4.52. The third-order valence-corrected chi connectivity index (χ3v) is 2.79. The van der Waals surface area contributed by atoms with E-state index in [2.05, 4.69) is 18.7 Å². The molecule has 1 aromatic rings. The van der Waals surface area contributed by atoms with Crippen molar-refractivity contribution in [3.05, 3.63) is 23.7 Å². The Bertz CT molecular complexity index is 328. The number of ether oxygens (including phenoxy) is 1. The fourth-order valence-corrected chi connectivity index (χ4v) is 2.25. The highest BCUT2D eigenvalue weighted by molar-refractivity contribution is 5.06.